The lowest BCUT2D eigenvalue weighted by Crippen LogP contribution is -2.31. The van der Waals surface area contributed by atoms with Crippen LogP contribution in [0.4, 0.5) is 8.78 Å². The van der Waals surface area contributed by atoms with E-state index >= 15 is 0 Å². The van der Waals surface area contributed by atoms with Crippen molar-refractivity contribution in [3.05, 3.63) is 35.4 Å². The molecule has 0 amide bonds. The second-order valence-corrected chi connectivity index (χ2v) is 5.39. The van der Waals surface area contributed by atoms with Crippen molar-refractivity contribution in [3.63, 3.8) is 0 Å². The maximum absolute atomic E-state index is 13.2. The number of nitrogens with two attached hydrogens (primary N) is 1. The predicted octanol–water partition coefficient (Wildman–Crippen LogP) is 1.82. The zero-order chi connectivity index (χ0) is 14.4. The second-order valence-electron chi connectivity index (χ2n) is 5.39. The minimum atomic E-state index is -0.501. The fourth-order valence-corrected chi connectivity index (χ4v) is 2.68. The van der Waals surface area contributed by atoms with E-state index in [0.29, 0.717) is 12.1 Å². The van der Waals surface area contributed by atoms with Gasteiger partial charge in [-0.25, -0.2) is 8.78 Å². The normalized spacial score (nSPS) is 18.1. The monoisotopic (exact) mass is 283 g/mol. The van der Waals surface area contributed by atoms with Gasteiger partial charge in [0.1, 0.15) is 11.6 Å². The van der Waals surface area contributed by atoms with Crippen molar-refractivity contribution >= 4 is 0 Å². The highest BCUT2D eigenvalue weighted by Crippen LogP contribution is 2.12. The molecule has 0 bridgehead atoms. The van der Waals surface area contributed by atoms with E-state index in [1.165, 1.54) is 12.1 Å². The molecule has 0 radical (unpaired) electrons. The van der Waals surface area contributed by atoms with E-state index in [2.05, 4.69) is 9.80 Å². The summed E-state index contributed by atoms with van der Waals surface area (Å²) >= 11 is 0. The Bertz CT molecular complexity index is 405. The van der Waals surface area contributed by atoms with Crippen molar-refractivity contribution < 1.29 is 8.78 Å². The number of nitrogens with zero attached hydrogens (tertiary/aromatic N) is 2. The molecule has 1 aliphatic heterocycles. The Hall–Kier alpha value is -1.04. The van der Waals surface area contributed by atoms with E-state index < -0.39 is 11.6 Å². The molecule has 1 saturated heterocycles. The lowest BCUT2D eigenvalue weighted by Gasteiger charge is -2.21. The minimum absolute atomic E-state index is 0.501. The van der Waals surface area contributed by atoms with E-state index in [1.807, 2.05) is 0 Å². The molecule has 0 spiro atoms. The molecule has 1 aromatic rings. The van der Waals surface area contributed by atoms with E-state index in [4.69, 9.17) is 5.73 Å². The summed E-state index contributed by atoms with van der Waals surface area (Å²) in [6, 6.07) is 3.75. The van der Waals surface area contributed by atoms with Crippen molar-refractivity contribution in [2.45, 2.75) is 19.4 Å². The molecule has 1 aromatic carbocycles. The zero-order valence-electron chi connectivity index (χ0n) is 11.8. The molecule has 1 aliphatic rings. The fourth-order valence-electron chi connectivity index (χ4n) is 2.68. The SMILES string of the molecule is NCCCN1CCCN(Cc2cc(F)cc(F)c2)CC1. The number of hydrogen-bond acceptors (Lipinski definition) is 3. The summed E-state index contributed by atoms with van der Waals surface area (Å²) in [5.74, 6) is -1.00. The highest BCUT2D eigenvalue weighted by atomic mass is 19.1. The smallest absolute Gasteiger partial charge is 0.126 e. The van der Waals surface area contributed by atoms with Gasteiger partial charge < -0.3 is 10.6 Å². The summed E-state index contributed by atoms with van der Waals surface area (Å²) in [5.41, 5.74) is 6.24. The predicted molar refractivity (Wildman–Crippen MR) is 76.4 cm³/mol. The van der Waals surface area contributed by atoms with Crippen LogP contribution in [0.25, 0.3) is 0 Å². The zero-order valence-corrected chi connectivity index (χ0v) is 11.8. The quantitative estimate of drug-likeness (QED) is 0.894. The fraction of sp³-hybridized carbons (Fsp3) is 0.600. The maximum atomic E-state index is 13.2. The molecule has 2 N–H and O–H groups in total. The van der Waals surface area contributed by atoms with Gasteiger partial charge in [-0.1, -0.05) is 0 Å². The molecule has 0 atom stereocenters. The second kappa shape index (κ2) is 7.67. The molecule has 2 rings (SSSR count). The highest BCUT2D eigenvalue weighted by Gasteiger charge is 2.15. The molecular formula is C15H23F2N3. The lowest BCUT2D eigenvalue weighted by atomic mass is 10.2. The Balaban J connectivity index is 1.87. The molecule has 5 heteroatoms. The third-order valence-electron chi connectivity index (χ3n) is 3.69. The highest BCUT2D eigenvalue weighted by molar-refractivity contribution is 5.17. The van der Waals surface area contributed by atoms with Crippen molar-refractivity contribution in [3.8, 4) is 0 Å². The van der Waals surface area contributed by atoms with Crippen LogP contribution in [-0.2, 0) is 6.54 Å². The van der Waals surface area contributed by atoms with Crippen LogP contribution in [0.2, 0.25) is 0 Å². The molecule has 3 nitrogen and oxygen atoms in total. The first-order valence-corrected chi connectivity index (χ1v) is 7.27. The molecular weight excluding hydrogens is 260 g/mol. The maximum Gasteiger partial charge on any atom is 0.126 e. The van der Waals surface area contributed by atoms with E-state index in [1.54, 1.807) is 0 Å². The van der Waals surface area contributed by atoms with Gasteiger partial charge in [0.15, 0.2) is 0 Å². The molecule has 20 heavy (non-hydrogen) atoms. The van der Waals surface area contributed by atoms with Gasteiger partial charge in [-0.3, -0.25) is 4.90 Å². The van der Waals surface area contributed by atoms with Gasteiger partial charge in [0.05, 0.1) is 0 Å². The van der Waals surface area contributed by atoms with Gasteiger partial charge in [-0.2, -0.15) is 0 Å². The molecule has 0 saturated carbocycles. The van der Waals surface area contributed by atoms with Gasteiger partial charge >= 0.3 is 0 Å². The third-order valence-corrected chi connectivity index (χ3v) is 3.69. The van der Waals surface area contributed by atoms with Crippen LogP contribution in [0.5, 0.6) is 0 Å². The Labute approximate surface area is 119 Å². The Morgan fingerprint density at radius 1 is 0.950 bits per heavy atom. The molecule has 112 valence electrons. The minimum Gasteiger partial charge on any atom is -0.330 e. The molecule has 0 aliphatic carbocycles. The summed E-state index contributed by atoms with van der Waals surface area (Å²) in [4.78, 5) is 4.68. The topological polar surface area (TPSA) is 32.5 Å². The number of halogens is 2. The van der Waals surface area contributed by atoms with E-state index in [0.717, 1.165) is 58.2 Å². The van der Waals surface area contributed by atoms with Gasteiger partial charge in [0.2, 0.25) is 0 Å². The summed E-state index contributed by atoms with van der Waals surface area (Å²) in [6.07, 6.45) is 2.11. The number of hydrogen-bond donors (Lipinski definition) is 1. The van der Waals surface area contributed by atoms with Crippen molar-refractivity contribution in [1.82, 2.24) is 9.80 Å². The van der Waals surface area contributed by atoms with Crippen LogP contribution in [0.1, 0.15) is 18.4 Å². The number of rotatable bonds is 5. The van der Waals surface area contributed by atoms with Crippen LogP contribution in [0.3, 0.4) is 0 Å². The first kappa shape index (κ1) is 15.4. The van der Waals surface area contributed by atoms with Gasteiger partial charge in [0, 0.05) is 25.7 Å². The largest absolute Gasteiger partial charge is 0.330 e. The lowest BCUT2D eigenvalue weighted by molar-refractivity contribution is 0.250. The summed E-state index contributed by atoms with van der Waals surface area (Å²) < 4.78 is 26.4. The van der Waals surface area contributed by atoms with E-state index in [9.17, 15) is 8.78 Å². The Morgan fingerprint density at radius 2 is 1.60 bits per heavy atom. The van der Waals surface area contributed by atoms with Crippen molar-refractivity contribution in [1.29, 1.82) is 0 Å². The Kier molecular flexibility index (Phi) is 5.88. The molecule has 0 aromatic heterocycles. The molecule has 0 unspecified atom stereocenters. The summed E-state index contributed by atoms with van der Waals surface area (Å²) in [6.45, 7) is 6.35. The van der Waals surface area contributed by atoms with Crippen molar-refractivity contribution in [2.75, 3.05) is 39.3 Å². The van der Waals surface area contributed by atoms with Crippen LogP contribution in [0.15, 0.2) is 18.2 Å². The molecule has 1 fully saturated rings. The van der Waals surface area contributed by atoms with Crippen LogP contribution < -0.4 is 5.73 Å². The summed E-state index contributed by atoms with van der Waals surface area (Å²) in [7, 11) is 0. The summed E-state index contributed by atoms with van der Waals surface area (Å²) in [5, 5.41) is 0. The first-order chi connectivity index (χ1) is 9.67. The first-order valence-electron chi connectivity index (χ1n) is 7.27. The average Bonchev–Trinajstić information content (AvgIpc) is 2.60. The van der Waals surface area contributed by atoms with E-state index in [-0.39, 0.29) is 0 Å². The van der Waals surface area contributed by atoms with Gasteiger partial charge in [-0.15, -0.1) is 0 Å². The van der Waals surface area contributed by atoms with Crippen LogP contribution in [-0.4, -0.2) is 49.1 Å². The van der Waals surface area contributed by atoms with Crippen LogP contribution in [0, 0.1) is 11.6 Å². The van der Waals surface area contributed by atoms with Crippen molar-refractivity contribution in [2.24, 2.45) is 5.73 Å². The standard InChI is InChI=1S/C15H23F2N3/c16-14-9-13(10-15(17)11-14)12-20-6-2-5-19(7-8-20)4-1-3-18/h9-11H,1-8,12,18H2. The van der Waals surface area contributed by atoms with Crippen LogP contribution >= 0.6 is 0 Å². The Morgan fingerprint density at radius 3 is 2.30 bits per heavy atom. The van der Waals surface area contributed by atoms with Gasteiger partial charge in [0.25, 0.3) is 0 Å². The molecule has 1 heterocycles. The van der Waals surface area contributed by atoms with Gasteiger partial charge in [-0.05, 0) is 56.7 Å². The third kappa shape index (κ3) is 4.81. The average molecular weight is 283 g/mol. The number of benzene rings is 1.